The van der Waals surface area contributed by atoms with E-state index in [1.54, 1.807) is 0 Å². The molecular formula is C11H15N3O3. The second kappa shape index (κ2) is 4.99. The van der Waals surface area contributed by atoms with Crippen molar-refractivity contribution < 1.29 is 14.6 Å². The molecule has 1 saturated heterocycles. The van der Waals surface area contributed by atoms with E-state index in [9.17, 15) is 4.79 Å². The first-order valence-electron chi connectivity index (χ1n) is 5.62. The van der Waals surface area contributed by atoms with Gasteiger partial charge in [-0.05, 0) is 19.3 Å². The predicted octanol–water partition coefficient (Wildman–Crippen LogP) is 1.17. The van der Waals surface area contributed by atoms with Gasteiger partial charge in [0.2, 0.25) is 5.88 Å². The number of aromatic nitrogens is 2. The summed E-state index contributed by atoms with van der Waals surface area (Å²) in [4.78, 5) is 13.1. The summed E-state index contributed by atoms with van der Waals surface area (Å²) in [5.41, 5.74) is 0.0584. The van der Waals surface area contributed by atoms with Gasteiger partial charge in [0, 0.05) is 19.2 Å². The summed E-state index contributed by atoms with van der Waals surface area (Å²) in [7, 11) is 1.39. The van der Waals surface area contributed by atoms with Gasteiger partial charge < -0.3 is 14.7 Å². The van der Waals surface area contributed by atoms with Gasteiger partial charge in [-0.25, -0.2) is 4.79 Å². The molecule has 1 fully saturated rings. The molecule has 92 valence electrons. The fourth-order valence-corrected chi connectivity index (χ4v) is 1.95. The minimum Gasteiger partial charge on any atom is -0.479 e. The van der Waals surface area contributed by atoms with Gasteiger partial charge in [0.15, 0.2) is 5.82 Å². The van der Waals surface area contributed by atoms with Crippen molar-refractivity contribution in [2.75, 3.05) is 25.1 Å². The van der Waals surface area contributed by atoms with E-state index in [4.69, 9.17) is 9.84 Å². The number of nitrogens with zero attached hydrogens (tertiary/aromatic N) is 3. The molecule has 0 aromatic carbocycles. The maximum Gasteiger partial charge on any atom is 0.341 e. The van der Waals surface area contributed by atoms with E-state index in [0.717, 1.165) is 25.9 Å². The van der Waals surface area contributed by atoms with E-state index in [2.05, 4.69) is 15.1 Å². The summed E-state index contributed by atoms with van der Waals surface area (Å²) >= 11 is 0. The highest BCUT2D eigenvalue weighted by Crippen LogP contribution is 2.22. The first-order valence-corrected chi connectivity index (χ1v) is 5.62. The maximum absolute atomic E-state index is 11.0. The summed E-state index contributed by atoms with van der Waals surface area (Å²) in [5, 5.41) is 16.9. The van der Waals surface area contributed by atoms with Crippen LogP contribution < -0.4 is 9.64 Å². The monoisotopic (exact) mass is 237 g/mol. The second-order valence-corrected chi connectivity index (χ2v) is 3.98. The number of piperidine rings is 1. The lowest BCUT2D eigenvalue weighted by Crippen LogP contribution is -2.30. The van der Waals surface area contributed by atoms with E-state index in [1.165, 1.54) is 19.6 Å². The number of methoxy groups -OCH3 is 1. The Morgan fingerprint density at radius 3 is 2.65 bits per heavy atom. The SMILES string of the molecule is COc1nnc(N2CCCCC2)cc1C(=O)O. The standard InChI is InChI=1S/C11H15N3O3/c1-17-10-8(11(15)16)7-9(12-13-10)14-5-3-2-4-6-14/h7H,2-6H2,1H3,(H,15,16). The zero-order chi connectivity index (χ0) is 12.3. The molecule has 1 aromatic heterocycles. The molecule has 6 heteroatoms. The molecule has 0 spiro atoms. The van der Waals surface area contributed by atoms with Gasteiger partial charge in [0.25, 0.3) is 0 Å². The summed E-state index contributed by atoms with van der Waals surface area (Å²) < 4.78 is 4.88. The lowest BCUT2D eigenvalue weighted by molar-refractivity contribution is 0.0692. The molecule has 0 aliphatic carbocycles. The Bertz CT molecular complexity index is 416. The summed E-state index contributed by atoms with van der Waals surface area (Å²) in [6, 6.07) is 1.53. The second-order valence-electron chi connectivity index (χ2n) is 3.98. The van der Waals surface area contributed by atoms with Crippen LogP contribution in [0.4, 0.5) is 5.82 Å². The smallest absolute Gasteiger partial charge is 0.341 e. The highest BCUT2D eigenvalue weighted by Gasteiger charge is 2.18. The molecule has 0 radical (unpaired) electrons. The molecule has 0 atom stereocenters. The number of hydrogen-bond acceptors (Lipinski definition) is 5. The van der Waals surface area contributed by atoms with Crippen molar-refractivity contribution >= 4 is 11.8 Å². The van der Waals surface area contributed by atoms with Crippen molar-refractivity contribution in [1.29, 1.82) is 0 Å². The highest BCUT2D eigenvalue weighted by molar-refractivity contribution is 5.90. The van der Waals surface area contributed by atoms with Crippen molar-refractivity contribution in [3.8, 4) is 5.88 Å². The number of rotatable bonds is 3. The maximum atomic E-state index is 11.0. The molecule has 6 nitrogen and oxygen atoms in total. The number of ether oxygens (including phenoxy) is 1. The lowest BCUT2D eigenvalue weighted by Gasteiger charge is -2.27. The van der Waals surface area contributed by atoms with Crippen molar-refractivity contribution in [3.05, 3.63) is 11.6 Å². The van der Waals surface area contributed by atoms with E-state index in [0.29, 0.717) is 5.82 Å². The molecule has 0 saturated carbocycles. The Kier molecular flexibility index (Phi) is 3.41. The minimum atomic E-state index is -1.05. The Hall–Kier alpha value is -1.85. The Labute approximate surface area is 99.2 Å². The van der Waals surface area contributed by atoms with Crippen LogP contribution >= 0.6 is 0 Å². The van der Waals surface area contributed by atoms with Crippen LogP contribution in [0.1, 0.15) is 29.6 Å². The number of carbonyl (C=O) groups is 1. The molecule has 2 heterocycles. The zero-order valence-electron chi connectivity index (χ0n) is 9.72. The third-order valence-electron chi connectivity index (χ3n) is 2.85. The van der Waals surface area contributed by atoms with E-state index >= 15 is 0 Å². The highest BCUT2D eigenvalue weighted by atomic mass is 16.5. The topological polar surface area (TPSA) is 75.6 Å². The first kappa shape index (κ1) is 11.6. The fraction of sp³-hybridized carbons (Fsp3) is 0.545. The van der Waals surface area contributed by atoms with Crippen LogP contribution in [0.5, 0.6) is 5.88 Å². The average Bonchev–Trinajstić information content (AvgIpc) is 2.39. The van der Waals surface area contributed by atoms with E-state index < -0.39 is 5.97 Å². The normalized spacial score (nSPS) is 15.7. The van der Waals surface area contributed by atoms with Gasteiger partial charge in [-0.3, -0.25) is 0 Å². The van der Waals surface area contributed by atoms with Gasteiger partial charge in [-0.1, -0.05) is 0 Å². The van der Waals surface area contributed by atoms with Crippen LogP contribution in [0.2, 0.25) is 0 Å². The number of carboxylic acids is 1. The molecule has 17 heavy (non-hydrogen) atoms. The third kappa shape index (κ3) is 2.46. The van der Waals surface area contributed by atoms with Crippen LogP contribution in [-0.2, 0) is 0 Å². The van der Waals surface area contributed by atoms with Crippen molar-refractivity contribution in [2.24, 2.45) is 0 Å². The van der Waals surface area contributed by atoms with Crippen molar-refractivity contribution in [2.45, 2.75) is 19.3 Å². The molecular weight excluding hydrogens is 222 g/mol. The molecule has 0 unspecified atom stereocenters. The molecule has 1 N–H and O–H groups in total. The number of aromatic carboxylic acids is 1. The predicted molar refractivity (Wildman–Crippen MR) is 61.6 cm³/mol. The van der Waals surface area contributed by atoms with Crippen LogP contribution in [0.3, 0.4) is 0 Å². The average molecular weight is 237 g/mol. The number of carboxylic acid groups (broad SMARTS) is 1. The zero-order valence-corrected chi connectivity index (χ0v) is 9.72. The molecule has 2 rings (SSSR count). The summed E-state index contributed by atoms with van der Waals surface area (Å²) in [6.45, 7) is 1.81. The van der Waals surface area contributed by atoms with E-state index in [-0.39, 0.29) is 11.4 Å². The Morgan fingerprint density at radius 1 is 1.35 bits per heavy atom. The van der Waals surface area contributed by atoms with E-state index in [1.807, 2.05) is 0 Å². The lowest BCUT2D eigenvalue weighted by atomic mass is 10.1. The largest absolute Gasteiger partial charge is 0.479 e. The number of anilines is 1. The molecule has 0 bridgehead atoms. The first-order chi connectivity index (χ1) is 8.22. The molecule has 0 amide bonds. The fourth-order valence-electron chi connectivity index (χ4n) is 1.95. The van der Waals surface area contributed by atoms with Gasteiger partial charge in [0.1, 0.15) is 5.56 Å². The van der Waals surface area contributed by atoms with Crippen molar-refractivity contribution in [3.63, 3.8) is 0 Å². The van der Waals surface area contributed by atoms with Gasteiger partial charge >= 0.3 is 5.97 Å². The van der Waals surface area contributed by atoms with Crippen LogP contribution in [0.25, 0.3) is 0 Å². The van der Waals surface area contributed by atoms with Crippen LogP contribution in [0.15, 0.2) is 6.07 Å². The molecule has 1 aliphatic rings. The Morgan fingerprint density at radius 2 is 2.06 bits per heavy atom. The Balaban J connectivity index is 2.29. The van der Waals surface area contributed by atoms with Gasteiger partial charge in [0.05, 0.1) is 7.11 Å². The molecule has 1 aliphatic heterocycles. The summed E-state index contributed by atoms with van der Waals surface area (Å²) in [5.74, 6) is -0.379. The van der Waals surface area contributed by atoms with Gasteiger partial charge in [-0.2, -0.15) is 0 Å². The minimum absolute atomic E-state index is 0.0539. The quantitative estimate of drug-likeness (QED) is 0.850. The third-order valence-corrected chi connectivity index (χ3v) is 2.85. The van der Waals surface area contributed by atoms with Crippen LogP contribution in [-0.4, -0.2) is 41.5 Å². The van der Waals surface area contributed by atoms with Gasteiger partial charge in [-0.15, -0.1) is 10.2 Å². The van der Waals surface area contributed by atoms with Crippen molar-refractivity contribution in [1.82, 2.24) is 10.2 Å². The number of hydrogen-bond donors (Lipinski definition) is 1. The molecule has 1 aromatic rings. The van der Waals surface area contributed by atoms with Crippen LogP contribution in [0, 0.1) is 0 Å². The summed E-state index contributed by atoms with van der Waals surface area (Å²) in [6.07, 6.45) is 3.43.